The topological polar surface area (TPSA) is 66.5 Å². The van der Waals surface area contributed by atoms with Crippen molar-refractivity contribution >= 4 is 15.9 Å². The number of sulfonamides is 1. The zero-order valence-electron chi connectivity index (χ0n) is 16.8. The molecule has 1 heterocycles. The molecule has 2 aliphatic rings. The molecule has 0 spiro atoms. The first kappa shape index (κ1) is 20.1. The summed E-state index contributed by atoms with van der Waals surface area (Å²) in [6, 6.07) is 17.0. The van der Waals surface area contributed by atoms with Crippen LogP contribution in [0.1, 0.15) is 42.9 Å². The first-order chi connectivity index (χ1) is 13.9. The summed E-state index contributed by atoms with van der Waals surface area (Å²) in [6.07, 6.45) is 3.41. The second-order valence-electron chi connectivity index (χ2n) is 8.23. The Balaban J connectivity index is 1.38. The summed E-state index contributed by atoms with van der Waals surface area (Å²) in [7, 11) is -3.48. The van der Waals surface area contributed by atoms with Crippen LogP contribution in [0.3, 0.4) is 0 Å². The van der Waals surface area contributed by atoms with Crippen molar-refractivity contribution in [1.29, 1.82) is 0 Å². The summed E-state index contributed by atoms with van der Waals surface area (Å²) in [5.74, 6) is 0.434. The van der Waals surface area contributed by atoms with Crippen molar-refractivity contribution in [2.45, 2.75) is 43.5 Å². The average molecular weight is 413 g/mol. The van der Waals surface area contributed by atoms with Gasteiger partial charge in [-0.15, -0.1) is 0 Å². The maximum absolute atomic E-state index is 12.9. The monoisotopic (exact) mass is 412 g/mol. The Bertz CT molecular complexity index is 945. The second kappa shape index (κ2) is 8.28. The molecular formula is C23H28N2O3S. The van der Waals surface area contributed by atoms with Crippen molar-refractivity contribution in [3.63, 3.8) is 0 Å². The van der Waals surface area contributed by atoms with Crippen LogP contribution in [0.15, 0.2) is 59.5 Å². The number of piperidine rings is 1. The van der Waals surface area contributed by atoms with Crippen LogP contribution in [0, 0.1) is 18.8 Å². The number of nitrogens with zero attached hydrogens (tertiary/aromatic N) is 1. The Labute approximate surface area is 173 Å². The van der Waals surface area contributed by atoms with Crippen molar-refractivity contribution in [3.8, 4) is 0 Å². The number of carbonyl (C=O) groups excluding carboxylic acids is 1. The zero-order chi connectivity index (χ0) is 20.4. The smallest absolute Gasteiger partial charge is 0.243 e. The minimum Gasteiger partial charge on any atom is -0.349 e. The van der Waals surface area contributed by atoms with Gasteiger partial charge in [-0.1, -0.05) is 48.0 Å². The number of carbonyl (C=O) groups is 1. The molecule has 5 nitrogen and oxygen atoms in total. The Morgan fingerprint density at radius 3 is 2.17 bits per heavy atom. The first-order valence-corrected chi connectivity index (χ1v) is 11.8. The maximum Gasteiger partial charge on any atom is 0.243 e. The molecule has 1 atom stereocenters. The van der Waals surface area contributed by atoms with Gasteiger partial charge in [-0.05, 0) is 56.2 Å². The standard InChI is InChI=1S/C23H28N2O3S/c1-17-7-9-18(10-8-17)22(19-11-12-19)24-23(26)20-13-15-25(16-14-20)29(27,28)21-5-3-2-4-6-21/h2-10,19-20,22H,11-16H2,1H3,(H,24,26)/t22-/m1/s1. The summed E-state index contributed by atoms with van der Waals surface area (Å²) in [4.78, 5) is 13.2. The number of hydrogen-bond donors (Lipinski definition) is 1. The Hall–Kier alpha value is -2.18. The molecule has 2 aromatic carbocycles. The van der Waals surface area contributed by atoms with E-state index in [1.54, 1.807) is 30.3 Å². The Morgan fingerprint density at radius 2 is 1.59 bits per heavy atom. The minimum absolute atomic E-state index is 0.0548. The molecule has 154 valence electrons. The highest BCUT2D eigenvalue weighted by atomic mass is 32.2. The molecule has 1 N–H and O–H groups in total. The van der Waals surface area contributed by atoms with Crippen LogP contribution in [0.5, 0.6) is 0 Å². The van der Waals surface area contributed by atoms with E-state index >= 15 is 0 Å². The largest absolute Gasteiger partial charge is 0.349 e. The number of nitrogens with one attached hydrogen (secondary N) is 1. The van der Waals surface area contributed by atoms with Crippen LogP contribution in [0.2, 0.25) is 0 Å². The Morgan fingerprint density at radius 1 is 0.966 bits per heavy atom. The van der Waals surface area contributed by atoms with E-state index in [0.717, 1.165) is 18.4 Å². The van der Waals surface area contributed by atoms with Gasteiger partial charge >= 0.3 is 0 Å². The molecule has 0 unspecified atom stereocenters. The van der Waals surface area contributed by atoms with Crippen molar-refractivity contribution in [2.75, 3.05) is 13.1 Å². The third-order valence-electron chi connectivity index (χ3n) is 6.03. The number of aryl methyl sites for hydroxylation is 1. The molecule has 29 heavy (non-hydrogen) atoms. The summed E-state index contributed by atoms with van der Waals surface area (Å²) in [6.45, 7) is 2.83. The van der Waals surface area contributed by atoms with E-state index in [0.29, 0.717) is 36.7 Å². The minimum atomic E-state index is -3.48. The van der Waals surface area contributed by atoms with Gasteiger partial charge in [0.05, 0.1) is 10.9 Å². The molecule has 1 aliphatic carbocycles. The summed E-state index contributed by atoms with van der Waals surface area (Å²) in [5.41, 5.74) is 2.37. The lowest BCUT2D eigenvalue weighted by Gasteiger charge is -2.31. The zero-order valence-corrected chi connectivity index (χ0v) is 17.6. The van der Waals surface area contributed by atoms with Crippen LogP contribution in [-0.4, -0.2) is 31.7 Å². The van der Waals surface area contributed by atoms with E-state index in [1.165, 1.54) is 9.87 Å². The lowest BCUT2D eigenvalue weighted by molar-refractivity contribution is -0.127. The van der Waals surface area contributed by atoms with Gasteiger partial charge in [0, 0.05) is 19.0 Å². The van der Waals surface area contributed by atoms with Gasteiger partial charge in [0.1, 0.15) is 0 Å². The molecule has 2 fully saturated rings. The number of amides is 1. The molecule has 4 rings (SSSR count). The van der Waals surface area contributed by atoms with Crippen molar-refractivity contribution in [3.05, 3.63) is 65.7 Å². The van der Waals surface area contributed by atoms with E-state index in [4.69, 9.17) is 0 Å². The van der Waals surface area contributed by atoms with Gasteiger partial charge in [-0.2, -0.15) is 4.31 Å². The highest BCUT2D eigenvalue weighted by Crippen LogP contribution is 2.41. The highest BCUT2D eigenvalue weighted by Gasteiger charge is 2.36. The van der Waals surface area contributed by atoms with E-state index in [1.807, 2.05) is 0 Å². The van der Waals surface area contributed by atoms with Gasteiger partial charge < -0.3 is 5.32 Å². The molecule has 0 radical (unpaired) electrons. The van der Waals surface area contributed by atoms with E-state index in [9.17, 15) is 13.2 Å². The SMILES string of the molecule is Cc1ccc([C@@H](NC(=O)C2CCN(S(=O)(=O)c3ccccc3)CC2)C2CC2)cc1. The van der Waals surface area contributed by atoms with Crippen LogP contribution >= 0.6 is 0 Å². The fourth-order valence-corrected chi connectivity index (χ4v) is 5.54. The summed E-state index contributed by atoms with van der Waals surface area (Å²) < 4.78 is 27.1. The van der Waals surface area contributed by atoms with Gasteiger partial charge in [0.15, 0.2) is 0 Å². The van der Waals surface area contributed by atoms with Crippen LogP contribution in [-0.2, 0) is 14.8 Å². The molecule has 2 aromatic rings. The molecular weight excluding hydrogens is 384 g/mol. The van der Waals surface area contributed by atoms with Crippen molar-refractivity contribution in [2.24, 2.45) is 11.8 Å². The number of hydrogen-bond acceptors (Lipinski definition) is 3. The van der Waals surface area contributed by atoms with Gasteiger partial charge in [-0.25, -0.2) is 8.42 Å². The van der Waals surface area contributed by atoms with E-state index in [2.05, 4.69) is 36.5 Å². The van der Waals surface area contributed by atoms with Crippen molar-refractivity contribution in [1.82, 2.24) is 9.62 Å². The predicted molar refractivity (Wildman–Crippen MR) is 113 cm³/mol. The third-order valence-corrected chi connectivity index (χ3v) is 7.95. The Kier molecular flexibility index (Phi) is 5.74. The molecule has 0 bridgehead atoms. The van der Waals surface area contributed by atoms with Crippen LogP contribution < -0.4 is 5.32 Å². The second-order valence-corrected chi connectivity index (χ2v) is 10.2. The average Bonchev–Trinajstić information content (AvgIpc) is 3.58. The quantitative estimate of drug-likeness (QED) is 0.787. The fourth-order valence-electron chi connectivity index (χ4n) is 4.05. The van der Waals surface area contributed by atoms with Gasteiger partial charge in [0.25, 0.3) is 0 Å². The van der Waals surface area contributed by atoms with Crippen LogP contribution in [0.4, 0.5) is 0 Å². The maximum atomic E-state index is 12.9. The third kappa shape index (κ3) is 4.54. The molecule has 1 saturated heterocycles. The lowest BCUT2D eigenvalue weighted by atomic mass is 9.95. The molecule has 1 aliphatic heterocycles. The van der Waals surface area contributed by atoms with Gasteiger partial charge in [0.2, 0.25) is 15.9 Å². The molecule has 0 aromatic heterocycles. The highest BCUT2D eigenvalue weighted by molar-refractivity contribution is 7.89. The van der Waals surface area contributed by atoms with E-state index in [-0.39, 0.29) is 17.9 Å². The molecule has 1 saturated carbocycles. The van der Waals surface area contributed by atoms with Crippen LogP contribution in [0.25, 0.3) is 0 Å². The first-order valence-electron chi connectivity index (χ1n) is 10.4. The summed E-state index contributed by atoms with van der Waals surface area (Å²) >= 11 is 0. The van der Waals surface area contributed by atoms with Crippen molar-refractivity contribution < 1.29 is 13.2 Å². The lowest BCUT2D eigenvalue weighted by Crippen LogP contribution is -2.43. The summed E-state index contributed by atoms with van der Waals surface area (Å²) in [5, 5.41) is 3.26. The predicted octanol–water partition coefficient (Wildman–Crippen LogP) is 3.66. The van der Waals surface area contributed by atoms with E-state index < -0.39 is 10.0 Å². The van der Waals surface area contributed by atoms with Gasteiger partial charge in [-0.3, -0.25) is 4.79 Å². The fraction of sp³-hybridized carbons (Fsp3) is 0.435. The molecule has 6 heteroatoms. The number of benzene rings is 2. The molecule has 1 amide bonds. The normalized spacial score (nSPS) is 19.6. The number of rotatable bonds is 6.